The molecule has 0 fully saturated rings. The van der Waals surface area contributed by atoms with E-state index >= 15 is 0 Å². The van der Waals surface area contributed by atoms with E-state index in [1.165, 1.54) is 18.0 Å². The van der Waals surface area contributed by atoms with Gasteiger partial charge in [0.1, 0.15) is 23.1 Å². The molecule has 0 spiro atoms. The summed E-state index contributed by atoms with van der Waals surface area (Å²) in [6.45, 7) is 3.94. The standard InChI is InChI=1S/C16H16ClF2N5O/c1-4-8(2)22-15-13(14(17)23-16-20-7-21-24(15)16)9-5-11(19)12(25-3)6-10(9)18/h5-8,22H,4H2,1-3H3. The monoisotopic (exact) mass is 367 g/mol. The van der Waals surface area contributed by atoms with Gasteiger partial charge in [-0.25, -0.2) is 8.78 Å². The highest BCUT2D eigenvalue weighted by molar-refractivity contribution is 6.33. The Bertz CT molecular complexity index is 931. The Morgan fingerprint density at radius 3 is 2.76 bits per heavy atom. The lowest BCUT2D eigenvalue weighted by Gasteiger charge is -2.19. The molecule has 1 aromatic carbocycles. The van der Waals surface area contributed by atoms with Crippen molar-refractivity contribution >= 4 is 23.2 Å². The first-order chi connectivity index (χ1) is 12.0. The van der Waals surface area contributed by atoms with Crippen LogP contribution in [0.15, 0.2) is 18.5 Å². The molecule has 132 valence electrons. The topological polar surface area (TPSA) is 64.3 Å². The summed E-state index contributed by atoms with van der Waals surface area (Å²) in [7, 11) is 1.27. The average molecular weight is 368 g/mol. The molecule has 0 saturated heterocycles. The van der Waals surface area contributed by atoms with Gasteiger partial charge in [-0.1, -0.05) is 18.5 Å². The molecule has 0 aliphatic heterocycles. The SMILES string of the molecule is CCC(C)Nc1c(-c2cc(F)c(OC)cc2F)c(Cl)nc2ncnn12. The zero-order valence-electron chi connectivity index (χ0n) is 13.8. The van der Waals surface area contributed by atoms with Crippen molar-refractivity contribution in [2.75, 3.05) is 12.4 Å². The summed E-state index contributed by atoms with van der Waals surface area (Å²) >= 11 is 6.27. The fourth-order valence-electron chi connectivity index (χ4n) is 2.40. The van der Waals surface area contributed by atoms with Crippen molar-refractivity contribution in [2.45, 2.75) is 26.3 Å². The number of ether oxygens (including phenoxy) is 1. The molecule has 2 heterocycles. The molecule has 25 heavy (non-hydrogen) atoms. The predicted molar refractivity (Wildman–Crippen MR) is 91.1 cm³/mol. The normalized spacial score (nSPS) is 12.4. The van der Waals surface area contributed by atoms with Crippen LogP contribution in [0.1, 0.15) is 20.3 Å². The van der Waals surface area contributed by atoms with E-state index in [0.29, 0.717) is 5.82 Å². The summed E-state index contributed by atoms with van der Waals surface area (Å²) in [6.07, 6.45) is 2.12. The van der Waals surface area contributed by atoms with Crippen LogP contribution in [-0.4, -0.2) is 32.7 Å². The molecule has 0 aliphatic carbocycles. The molecular formula is C16H16ClF2N5O. The molecule has 0 bridgehead atoms. The number of aromatic nitrogens is 4. The fraction of sp³-hybridized carbons (Fsp3) is 0.312. The Morgan fingerprint density at radius 2 is 2.08 bits per heavy atom. The first-order valence-electron chi connectivity index (χ1n) is 7.65. The lowest BCUT2D eigenvalue weighted by atomic mass is 10.1. The van der Waals surface area contributed by atoms with Crippen molar-refractivity contribution in [1.82, 2.24) is 19.6 Å². The highest BCUT2D eigenvalue weighted by Crippen LogP contribution is 2.38. The minimum atomic E-state index is -0.705. The van der Waals surface area contributed by atoms with Gasteiger partial charge in [0, 0.05) is 17.7 Å². The number of fused-ring (bicyclic) bond motifs is 1. The summed E-state index contributed by atoms with van der Waals surface area (Å²) in [5.74, 6) is -0.931. The van der Waals surface area contributed by atoms with Gasteiger partial charge in [-0.15, -0.1) is 0 Å². The zero-order chi connectivity index (χ0) is 18.1. The first kappa shape index (κ1) is 17.3. The van der Waals surface area contributed by atoms with Gasteiger partial charge in [-0.05, 0) is 19.4 Å². The highest BCUT2D eigenvalue weighted by Gasteiger charge is 2.23. The number of nitrogens with one attached hydrogen (secondary N) is 1. The van der Waals surface area contributed by atoms with Crippen LogP contribution in [0.3, 0.4) is 0 Å². The molecule has 1 unspecified atom stereocenters. The second-order valence-electron chi connectivity index (χ2n) is 5.52. The third-order valence-corrected chi connectivity index (χ3v) is 4.16. The van der Waals surface area contributed by atoms with Gasteiger partial charge in [0.05, 0.1) is 12.7 Å². The summed E-state index contributed by atoms with van der Waals surface area (Å²) in [5, 5.41) is 7.31. The Kier molecular flexibility index (Phi) is 4.71. The summed E-state index contributed by atoms with van der Waals surface area (Å²) < 4.78 is 35.0. The highest BCUT2D eigenvalue weighted by atomic mass is 35.5. The second-order valence-corrected chi connectivity index (χ2v) is 5.88. The lowest BCUT2D eigenvalue weighted by molar-refractivity contribution is 0.383. The molecule has 6 nitrogen and oxygen atoms in total. The number of hydrogen-bond acceptors (Lipinski definition) is 5. The van der Waals surface area contributed by atoms with E-state index < -0.39 is 11.6 Å². The van der Waals surface area contributed by atoms with Crippen LogP contribution in [0.2, 0.25) is 5.15 Å². The number of anilines is 1. The van der Waals surface area contributed by atoms with Gasteiger partial charge in [-0.3, -0.25) is 0 Å². The maximum absolute atomic E-state index is 14.6. The van der Waals surface area contributed by atoms with Gasteiger partial charge in [0.2, 0.25) is 0 Å². The van der Waals surface area contributed by atoms with E-state index in [4.69, 9.17) is 16.3 Å². The molecule has 1 atom stereocenters. The Labute approximate surface area is 147 Å². The Hall–Kier alpha value is -2.48. The maximum Gasteiger partial charge on any atom is 0.255 e. The molecule has 3 aromatic rings. The fourth-order valence-corrected chi connectivity index (χ4v) is 2.67. The van der Waals surface area contributed by atoms with Crippen LogP contribution in [0.5, 0.6) is 5.75 Å². The van der Waals surface area contributed by atoms with E-state index in [1.54, 1.807) is 0 Å². The molecule has 1 N–H and O–H groups in total. The molecular weight excluding hydrogens is 352 g/mol. The van der Waals surface area contributed by atoms with E-state index in [9.17, 15) is 8.78 Å². The van der Waals surface area contributed by atoms with Crippen molar-refractivity contribution in [1.29, 1.82) is 0 Å². The third-order valence-electron chi connectivity index (χ3n) is 3.89. The number of halogens is 3. The van der Waals surface area contributed by atoms with Crippen LogP contribution in [-0.2, 0) is 0 Å². The quantitative estimate of drug-likeness (QED) is 0.692. The molecule has 0 aliphatic rings. The van der Waals surface area contributed by atoms with Gasteiger partial charge in [0.25, 0.3) is 5.78 Å². The average Bonchev–Trinajstić information content (AvgIpc) is 3.05. The van der Waals surface area contributed by atoms with Gasteiger partial charge in [-0.2, -0.15) is 19.6 Å². The first-order valence-corrected chi connectivity index (χ1v) is 8.03. The van der Waals surface area contributed by atoms with Gasteiger partial charge in [0.15, 0.2) is 11.6 Å². The maximum atomic E-state index is 14.6. The van der Waals surface area contributed by atoms with Gasteiger partial charge < -0.3 is 10.1 Å². The summed E-state index contributed by atoms with van der Waals surface area (Å²) in [4.78, 5) is 8.12. The van der Waals surface area contributed by atoms with Crippen LogP contribution >= 0.6 is 11.6 Å². The molecule has 9 heteroatoms. The minimum Gasteiger partial charge on any atom is -0.494 e. The van der Waals surface area contributed by atoms with E-state index in [-0.39, 0.29) is 33.8 Å². The molecule has 2 aromatic heterocycles. The van der Waals surface area contributed by atoms with Crippen LogP contribution < -0.4 is 10.1 Å². The van der Waals surface area contributed by atoms with E-state index in [2.05, 4.69) is 20.4 Å². The Morgan fingerprint density at radius 1 is 1.32 bits per heavy atom. The molecule has 0 radical (unpaired) electrons. The van der Waals surface area contributed by atoms with Gasteiger partial charge >= 0.3 is 0 Å². The largest absolute Gasteiger partial charge is 0.494 e. The van der Waals surface area contributed by atoms with Crippen LogP contribution in [0.4, 0.5) is 14.6 Å². The van der Waals surface area contributed by atoms with Crippen molar-refractivity contribution in [2.24, 2.45) is 0 Å². The molecule has 0 saturated carbocycles. The van der Waals surface area contributed by atoms with Crippen molar-refractivity contribution < 1.29 is 13.5 Å². The smallest absolute Gasteiger partial charge is 0.255 e. The Balaban J connectivity index is 2.30. The van der Waals surface area contributed by atoms with Crippen LogP contribution in [0, 0.1) is 11.6 Å². The van der Waals surface area contributed by atoms with Crippen molar-refractivity contribution in [3.8, 4) is 16.9 Å². The van der Waals surface area contributed by atoms with Crippen molar-refractivity contribution in [3.05, 3.63) is 35.2 Å². The number of hydrogen-bond donors (Lipinski definition) is 1. The number of methoxy groups -OCH3 is 1. The summed E-state index contributed by atoms with van der Waals surface area (Å²) in [5.41, 5.74) is 0.165. The third kappa shape index (κ3) is 3.09. The van der Waals surface area contributed by atoms with E-state index in [0.717, 1.165) is 18.6 Å². The lowest BCUT2D eigenvalue weighted by Crippen LogP contribution is -2.18. The number of rotatable bonds is 5. The zero-order valence-corrected chi connectivity index (χ0v) is 14.6. The predicted octanol–water partition coefficient (Wildman–Crippen LogP) is 3.94. The number of benzene rings is 1. The molecule has 3 rings (SSSR count). The second kappa shape index (κ2) is 6.79. The van der Waals surface area contributed by atoms with Crippen molar-refractivity contribution in [3.63, 3.8) is 0 Å². The minimum absolute atomic E-state index is 0.00484. The summed E-state index contributed by atoms with van der Waals surface area (Å²) in [6, 6.07) is 2.04. The molecule has 0 amide bonds. The number of nitrogens with zero attached hydrogens (tertiary/aromatic N) is 4. The van der Waals surface area contributed by atoms with E-state index in [1.807, 2.05) is 13.8 Å². The van der Waals surface area contributed by atoms with Crippen LogP contribution in [0.25, 0.3) is 16.9 Å².